The van der Waals surface area contributed by atoms with Gasteiger partial charge in [0.25, 0.3) is 5.91 Å². The van der Waals surface area contributed by atoms with E-state index >= 15 is 0 Å². The van der Waals surface area contributed by atoms with E-state index in [0.717, 1.165) is 19.3 Å². The van der Waals surface area contributed by atoms with Crippen molar-refractivity contribution in [2.45, 2.75) is 26.2 Å². The summed E-state index contributed by atoms with van der Waals surface area (Å²) in [6, 6.07) is 5.82. The summed E-state index contributed by atoms with van der Waals surface area (Å²) in [5.74, 6) is -0.668. The second-order valence-electron chi connectivity index (χ2n) is 4.78. The molecule has 1 rings (SSSR count). The molecule has 0 heterocycles. The molecule has 0 aliphatic heterocycles. The van der Waals surface area contributed by atoms with Crippen molar-refractivity contribution in [3.63, 3.8) is 0 Å². The summed E-state index contributed by atoms with van der Waals surface area (Å²) in [5, 5.41) is 4.21. The van der Waals surface area contributed by atoms with Crippen LogP contribution in [-0.2, 0) is 9.53 Å². The SMILES string of the molecule is CCCCCOc1ccc(C(=O)OCC(=O)NC(=O)NC)cc1. The Kier molecular flexibility index (Phi) is 8.20. The Balaban J connectivity index is 2.39. The molecule has 0 atom stereocenters. The average molecular weight is 322 g/mol. The van der Waals surface area contributed by atoms with Crippen LogP contribution in [0.4, 0.5) is 4.79 Å². The minimum Gasteiger partial charge on any atom is -0.494 e. The predicted octanol–water partition coefficient (Wildman–Crippen LogP) is 1.87. The van der Waals surface area contributed by atoms with Gasteiger partial charge in [-0.1, -0.05) is 19.8 Å². The molecule has 7 nitrogen and oxygen atoms in total. The normalized spacial score (nSPS) is 9.83. The number of ether oxygens (including phenoxy) is 2. The molecule has 23 heavy (non-hydrogen) atoms. The number of unbranched alkanes of at least 4 members (excludes halogenated alkanes) is 2. The highest BCUT2D eigenvalue weighted by Crippen LogP contribution is 2.13. The van der Waals surface area contributed by atoms with Crippen LogP contribution >= 0.6 is 0 Å². The van der Waals surface area contributed by atoms with Crippen LogP contribution in [0.15, 0.2) is 24.3 Å². The topological polar surface area (TPSA) is 93.7 Å². The highest BCUT2D eigenvalue weighted by molar-refractivity contribution is 5.96. The Morgan fingerprint density at radius 3 is 2.39 bits per heavy atom. The molecule has 0 unspecified atom stereocenters. The van der Waals surface area contributed by atoms with Gasteiger partial charge >= 0.3 is 12.0 Å². The van der Waals surface area contributed by atoms with Crippen molar-refractivity contribution in [3.05, 3.63) is 29.8 Å². The zero-order valence-electron chi connectivity index (χ0n) is 13.4. The Bertz CT molecular complexity index is 528. The molecular formula is C16H22N2O5. The van der Waals surface area contributed by atoms with Gasteiger partial charge in [-0.2, -0.15) is 0 Å². The highest BCUT2D eigenvalue weighted by Gasteiger charge is 2.11. The largest absolute Gasteiger partial charge is 0.494 e. The number of rotatable bonds is 8. The second kappa shape index (κ2) is 10.2. The van der Waals surface area contributed by atoms with Crippen LogP contribution in [-0.4, -0.2) is 38.2 Å². The average Bonchev–Trinajstić information content (AvgIpc) is 2.57. The zero-order chi connectivity index (χ0) is 17.1. The van der Waals surface area contributed by atoms with Gasteiger partial charge in [0.15, 0.2) is 6.61 Å². The van der Waals surface area contributed by atoms with Gasteiger partial charge in [-0.3, -0.25) is 10.1 Å². The highest BCUT2D eigenvalue weighted by atomic mass is 16.5. The summed E-state index contributed by atoms with van der Waals surface area (Å²) in [6.45, 7) is 2.23. The van der Waals surface area contributed by atoms with E-state index < -0.39 is 24.5 Å². The molecule has 3 amide bonds. The summed E-state index contributed by atoms with van der Waals surface area (Å²) in [5.41, 5.74) is 0.304. The summed E-state index contributed by atoms with van der Waals surface area (Å²) < 4.78 is 10.4. The van der Waals surface area contributed by atoms with E-state index in [1.165, 1.54) is 7.05 Å². The zero-order valence-corrected chi connectivity index (χ0v) is 13.4. The van der Waals surface area contributed by atoms with Crippen LogP contribution in [0.3, 0.4) is 0 Å². The molecule has 126 valence electrons. The smallest absolute Gasteiger partial charge is 0.338 e. The van der Waals surface area contributed by atoms with Gasteiger partial charge in [0.2, 0.25) is 0 Å². The maximum Gasteiger partial charge on any atom is 0.338 e. The standard InChI is InChI=1S/C16H22N2O5/c1-3-4-5-10-22-13-8-6-12(7-9-13)15(20)23-11-14(19)18-16(21)17-2/h6-9H,3-5,10-11H2,1-2H3,(H2,17,18,19,21). The third-order valence-electron chi connectivity index (χ3n) is 2.92. The van der Waals surface area contributed by atoms with E-state index in [-0.39, 0.29) is 0 Å². The molecule has 7 heteroatoms. The number of carbonyl (C=O) groups excluding carboxylic acids is 3. The van der Waals surface area contributed by atoms with Crippen LogP contribution in [0, 0.1) is 0 Å². The lowest BCUT2D eigenvalue weighted by molar-refractivity contribution is -0.123. The lowest BCUT2D eigenvalue weighted by atomic mass is 10.2. The van der Waals surface area contributed by atoms with E-state index in [1.54, 1.807) is 24.3 Å². The first kappa shape index (κ1) is 18.5. The fourth-order valence-electron chi connectivity index (χ4n) is 1.67. The second-order valence-corrected chi connectivity index (χ2v) is 4.78. The van der Waals surface area contributed by atoms with Crippen molar-refractivity contribution in [1.82, 2.24) is 10.6 Å². The van der Waals surface area contributed by atoms with Crippen LogP contribution in [0.5, 0.6) is 5.75 Å². The molecule has 0 bridgehead atoms. The lowest BCUT2D eigenvalue weighted by Crippen LogP contribution is -2.39. The van der Waals surface area contributed by atoms with E-state index in [9.17, 15) is 14.4 Å². The number of imide groups is 1. The monoisotopic (exact) mass is 322 g/mol. The first-order valence-electron chi connectivity index (χ1n) is 7.48. The number of amides is 3. The molecule has 0 fully saturated rings. The van der Waals surface area contributed by atoms with Gasteiger partial charge < -0.3 is 14.8 Å². The minimum atomic E-state index is -0.700. The number of carbonyl (C=O) groups is 3. The van der Waals surface area contributed by atoms with Gasteiger partial charge in [-0.25, -0.2) is 9.59 Å². The van der Waals surface area contributed by atoms with E-state index in [1.807, 2.05) is 5.32 Å². The number of urea groups is 1. The fourth-order valence-corrected chi connectivity index (χ4v) is 1.67. The first-order valence-corrected chi connectivity index (χ1v) is 7.48. The fraction of sp³-hybridized carbons (Fsp3) is 0.438. The molecule has 0 saturated carbocycles. The van der Waals surface area contributed by atoms with Crippen molar-refractivity contribution in [1.29, 1.82) is 0 Å². The van der Waals surface area contributed by atoms with Crippen molar-refractivity contribution in [3.8, 4) is 5.75 Å². The molecule has 0 spiro atoms. The lowest BCUT2D eigenvalue weighted by Gasteiger charge is -2.07. The molecule has 1 aromatic carbocycles. The number of hydrogen-bond acceptors (Lipinski definition) is 5. The van der Waals surface area contributed by atoms with E-state index in [0.29, 0.717) is 17.9 Å². The number of nitrogens with one attached hydrogen (secondary N) is 2. The van der Waals surface area contributed by atoms with E-state index in [2.05, 4.69) is 12.2 Å². The Labute approximate surface area is 135 Å². The summed E-state index contributed by atoms with van der Waals surface area (Å²) in [4.78, 5) is 34.0. The van der Waals surface area contributed by atoms with E-state index in [4.69, 9.17) is 9.47 Å². The van der Waals surface area contributed by atoms with Gasteiger partial charge in [-0.05, 0) is 30.7 Å². The van der Waals surface area contributed by atoms with Crippen LogP contribution in [0.2, 0.25) is 0 Å². The summed E-state index contributed by atoms with van der Waals surface area (Å²) >= 11 is 0. The molecule has 1 aromatic rings. The molecule has 0 aliphatic carbocycles. The minimum absolute atomic E-state index is 0.304. The van der Waals surface area contributed by atoms with Gasteiger partial charge in [0.1, 0.15) is 5.75 Å². The molecular weight excluding hydrogens is 300 g/mol. The Morgan fingerprint density at radius 2 is 1.78 bits per heavy atom. The molecule has 0 saturated heterocycles. The number of esters is 1. The third-order valence-corrected chi connectivity index (χ3v) is 2.92. The van der Waals surface area contributed by atoms with Crippen molar-refractivity contribution in [2.75, 3.05) is 20.3 Å². The van der Waals surface area contributed by atoms with Gasteiger partial charge in [0.05, 0.1) is 12.2 Å². The van der Waals surface area contributed by atoms with Crippen molar-refractivity contribution >= 4 is 17.9 Å². The maximum atomic E-state index is 11.8. The number of hydrogen-bond donors (Lipinski definition) is 2. The third kappa shape index (κ3) is 7.30. The van der Waals surface area contributed by atoms with Crippen molar-refractivity contribution < 1.29 is 23.9 Å². The summed E-state index contributed by atoms with van der Waals surface area (Å²) in [7, 11) is 1.38. The maximum absolute atomic E-state index is 11.8. The van der Waals surface area contributed by atoms with Gasteiger partial charge in [0, 0.05) is 7.05 Å². The van der Waals surface area contributed by atoms with Crippen molar-refractivity contribution in [2.24, 2.45) is 0 Å². The first-order chi connectivity index (χ1) is 11.1. The molecule has 0 radical (unpaired) electrons. The molecule has 0 aromatic heterocycles. The van der Waals surface area contributed by atoms with Gasteiger partial charge in [-0.15, -0.1) is 0 Å². The van der Waals surface area contributed by atoms with Crippen LogP contribution in [0.25, 0.3) is 0 Å². The molecule has 0 aliphatic rings. The Hall–Kier alpha value is -2.57. The Morgan fingerprint density at radius 1 is 1.09 bits per heavy atom. The van der Waals surface area contributed by atoms with Crippen LogP contribution < -0.4 is 15.4 Å². The number of benzene rings is 1. The molecule has 2 N–H and O–H groups in total. The quantitative estimate of drug-likeness (QED) is 0.563. The predicted molar refractivity (Wildman–Crippen MR) is 84.3 cm³/mol. The van der Waals surface area contributed by atoms with Crippen LogP contribution in [0.1, 0.15) is 36.5 Å². The summed E-state index contributed by atoms with van der Waals surface area (Å²) in [6.07, 6.45) is 3.23.